The molecule has 2 aromatic heterocycles. The predicted octanol–water partition coefficient (Wildman–Crippen LogP) is 17.9. The molecule has 2 heteroatoms. The molecule has 0 bridgehead atoms. The summed E-state index contributed by atoms with van der Waals surface area (Å²) in [6.07, 6.45) is 0. The smallest absolute Gasteiger partial charge is 0.136 e. The maximum absolute atomic E-state index is 6.34. The first kappa shape index (κ1) is 36.3. The number of para-hydroxylation sites is 1. The third-order valence-electron chi connectivity index (χ3n) is 14.5. The minimum atomic E-state index is -0.0349. The first-order valence-electron chi connectivity index (χ1n) is 22.5. The molecule has 0 radical (unpaired) electrons. The second-order valence-corrected chi connectivity index (χ2v) is 18.4. The molecular weight excluding hydrogens is 789 g/mol. The first-order valence-corrected chi connectivity index (χ1v) is 22.5. The highest BCUT2D eigenvalue weighted by Gasteiger charge is 2.35. The van der Waals surface area contributed by atoms with E-state index in [1.165, 1.54) is 88.0 Å². The molecule has 0 saturated carbocycles. The van der Waals surface area contributed by atoms with Crippen LogP contribution in [-0.2, 0) is 5.41 Å². The summed E-state index contributed by atoms with van der Waals surface area (Å²) in [6, 6.07) is 75.7. The van der Waals surface area contributed by atoms with E-state index in [1.807, 2.05) is 18.2 Å². The average molecular weight is 829 g/mol. The molecular formula is C63H40O2. The van der Waals surface area contributed by atoms with Crippen molar-refractivity contribution in [2.45, 2.75) is 19.3 Å². The highest BCUT2D eigenvalue weighted by atomic mass is 16.3. The number of furan rings is 2. The predicted molar refractivity (Wildman–Crippen MR) is 273 cm³/mol. The monoisotopic (exact) mass is 828 g/mol. The van der Waals surface area contributed by atoms with E-state index in [0.717, 1.165) is 55.0 Å². The number of hydrogen-bond acceptors (Lipinski definition) is 2. The van der Waals surface area contributed by atoms with E-state index in [9.17, 15) is 0 Å². The fourth-order valence-corrected chi connectivity index (χ4v) is 11.1. The van der Waals surface area contributed by atoms with Crippen LogP contribution >= 0.6 is 0 Å². The van der Waals surface area contributed by atoms with Crippen molar-refractivity contribution in [3.05, 3.63) is 217 Å². The van der Waals surface area contributed by atoms with Gasteiger partial charge in [0.25, 0.3) is 0 Å². The van der Waals surface area contributed by atoms with Crippen LogP contribution < -0.4 is 0 Å². The zero-order valence-electron chi connectivity index (χ0n) is 35.9. The van der Waals surface area contributed by atoms with Crippen molar-refractivity contribution in [3.63, 3.8) is 0 Å². The van der Waals surface area contributed by atoms with Gasteiger partial charge in [0.2, 0.25) is 0 Å². The molecule has 1 aliphatic rings. The van der Waals surface area contributed by atoms with Gasteiger partial charge in [0.1, 0.15) is 22.3 Å². The van der Waals surface area contributed by atoms with Crippen LogP contribution in [0.4, 0.5) is 0 Å². The maximum atomic E-state index is 6.34. The molecule has 0 fully saturated rings. The summed E-state index contributed by atoms with van der Waals surface area (Å²) in [6.45, 7) is 4.71. The number of benzene rings is 11. The lowest BCUT2D eigenvalue weighted by Gasteiger charge is -2.22. The normalized spacial score (nSPS) is 13.2. The van der Waals surface area contributed by atoms with Crippen molar-refractivity contribution in [3.8, 4) is 55.6 Å². The molecule has 304 valence electrons. The van der Waals surface area contributed by atoms with Crippen LogP contribution in [0.3, 0.4) is 0 Å². The fourth-order valence-electron chi connectivity index (χ4n) is 11.1. The lowest BCUT2D eigenvalue weighted by molar-refractivity contribution is 0.660. The van der Waals surface area contributed by atoms with E-state index in [0.29, 0.717) is 0 Å². The fraction of sp³-hybridized carbons (Fsp3) is 0.0476. The van der Waals surface area contributed by atoms with E-state index < -0.39 is 0 Å². The van der Waals surface area contributed by atoms with Crippen LogP contribution in [0.1, 0.15) is 25.0 Å². The van der Waals surface area contributed by atoms with E-state index in [1.54, 1.807) is 0 Å². The minimum absolute atomic E-state index is 0.0349. The van der Waals surface area contributed by atoms with Crippen molar-refractivity contribution in [2.75, 3.05) is 0 Å². The van der Waals surface area contributed by atoms with Gasteiger partial charge in [0.05, 0.1) is 0 Å². The topological polar surface area (TPSA) is 26.3 Å². The highest BCUT2D eigenvalue weighted by Crippen LogP contribution is 2.50. The molecule has 0 amide bonds. The standard InChI is InChI=1S/C63H40O2/c1-63(2)57-13-7-5-11-49(57)50-29-25-44(34-58(50)63)43-24-28-48-47-27-23-41(31-52(47)45-9-3-4-10-46(45)53(48)32-43)39-19-15-37(16-20-39)38-17-21-40(22-18-38)42-26-30-60-54(33-42)56-36-61-55(35-62(56)65-60)51-12-6-8-14-59(51)64-61/h3-36H,1-2H3. The summed E-state index contributed by atoms with van der Waals surface area (Å²) in [5.41, 5.74) is 18.6. The molecule has 0 atom stereocenters. The van der Waals surface area contributed by atoms with Gasteiger partial charge in [-0.1, -0.05) is 172 Å². The quantitative estimate of drug-likeness (QED) is 0.165. The Balaban J connectivity index is 0.769. The van der Waals surface area contributed by atoms with Gasteiger partial charge < -0.3 is 8.83 Å². The molecule has 0 spiro atoms. The average Bonchev–Trinajstić information content (AvgIpc) is 3.99. The lowest BCUT2D eigenvalue weighted by Crippen LogP contribution is -2.14. The van der Waals surface area contributed by atoms with E-state index in [2.05, 4.69) is 202 Å². The van der Waals surface area contributed by atoms with Crippen molar-refractivity contribution in [1.29, 1.82) is 0 Å². The lowest BCUT2D eigenvalue weighted by atomic mass is 9.81. The van der Waals surface area contributed by atoms with Gasteiger partial charge in [0, 0.05) is 27.0 Å². The molecule has 0 saturated heterocycles. The Hall–Kier alpha value is -8.20. The third kappa shape index (κ3) is 5.41. The summed E-state index contributed by atoms with van der Waals surface area (Å²) in [5.74, 6) is 0. The Morgan fingerprint density at radius 2 is 0.631 bits per heavy atom. The third-order valence-corrected chi connectivity index (χ3v) is 14.5. The molecule has 11 aromatic carbocycles. The van der Waals surface area contributed by atoms with E-state index in [-0.39, 0.29) is 5.41 Å². The highest BCUT2D eigenvalue weighted by molar-refractivity contribution is 6.26. The summed E-state index contributed by atoms with van der Waals surface area (Å²) < 4.78 is 12.6. The Morgan fingerprint density at radius 1 is 0.246 bits per heavy atom. The summed E-state index contributed by atoms with van der Waals surface area (Å²) in [4.78, 5) is 0. The van der Waals surface area contributed by atoms with Crippen LogP contribution in [0.2, 0.25) is 0 Å². The van der Waals surface area contributed by atoms with E-state index in [4.69, 9.17) is 8.83 Å². The Labute approximate surface area is 375 Å². The van der Waals surface area contributed by atoms with Gasteiger partial charge in [-0.3, -0.25) is 0 Å². The Kier molecular flexibility index (Phi) is 7.49. The Bertz CT molecular complexity index is 4100. The zero-order valence-corrected chi connectivity index (χ0v) is 35.9. The molecule has 2 heterocycles. The molecule has 1 aliphatic carbocycles. The van der Waals surface area contributed by atoms with Crippen molar-refractivity contribution >= 4 is 76.2 Å². The van der Waals surface area contributed by atoms with Crippen LogP contribution in [0.5, 0.6) is 0 Å². The first-order chi connectivity index (χ1) is 31.9. The summed E-state index contributed by atoms with van der Waals surface area (Å²) >= 11 is 0. The number of rotatable bonds is 4. The van der Waals surface area contributed by atoms with Gasteiger partial charge in [0.15, 0.2) is 0 Å². The van der Waals surface area contributed by atoms with Gasteiger partial charge in [-0.25, -0.2) is 0 Å². The molecule has 0 aliphatic heterocycles. The minimum Gasteiger partial charge on any atom is -0.456 e. The van der Waals surface area contributed by atoms with E-state index >= 15 is 0 Å². The van der Waals surface area contributed by atoms with Crippen molar-refractivity contribution in [2.24, 2.45) is 0 Å². The Morgan fingerprint density at radius 3 is 1.26 bits per heavy atom. The summed E-state index contributed by atoms with van der Waals surface area (Å²) in [5, 5.41) is 12.0. The molecule has 2 nitrogen and oxygen atoms in total. The van der Waals surface area contributed by atoms with Crippen molar-refractivity contribution < 1.29 is 8.83 Å². The van der Waals surface area contributed by atoms with Crippen molar-refractivity contribution in [1.82, 2.24) is 0 Å². The van der Waals surface area contributed by atoms with Gasteiger partial charge in [-0.05, 0) is 148 Å². The second kappa shape index (κ2) is 13.4. The maximum Gasteiger partial charge on any atom is 0.136 e. The summed E-state index contributed by atoms with van der Waals surface area (Å²) in [7, 11) is 0. The molecule has 13 aromatic rings. The second-order valence-electron chi connectivity index (χ2n) is 18.4. The van der Waals surface area contributed by atoms with Crippen LogP contribution in [0.25, 0.3) is 132 Å². The molecule has 14 rings (SSSR count). The molecule has 0 unspecified atom stereocenters. The van der Waals surface area contributed by atoms with Crippen LogP contribution in [0, 0.1) is 0 Å². The van der Waals surface area contributed by atoms with Gasteiger partial charge >= 0.3 is 0 Å². The largest absolute Gasteiger partial charge is 0.456 e. The molecule has 65 heavy (non-hydrogen) atoms. The van der Waals surface area contributed by atoms with Gasteiger partial charge in [-0.2, -0.15) is 0 Å². The number of fused-ring (bicyclic) bond motifs is 15. The SMILES string of the molecule is CC1(C)c2ccccc2-c2ccc(-c3ccc4c5ccc(-c6ccc(-c7ccc(-c8ccc9oc%10cc%11c(cc%10c9c8)oc8ccccc8%11)cc7)cc6)cc5c5ccccc5c4c3)cc21. The van der Waals surface area contributed by atoms with Gasteiger partial charge in [-0.15, -0.1) is 0 Å². The molecule has 0 N–H and O–H groups in total. The van der Waals surface area contributed by atoms with Crippen LogP contribution in [-0.4, -0.2) is 0 Å². The number of hydrogen-bond donors (Lipinski definition) is 0. The zero-order chi connectivity index (χ0) is 43.0. The van der Waals surface area contributed by atoms with Crippen LogP contribution in [0.15, 0.2) is 215 Å².